The molecule has 0 saturated heterocycles. The van der Waals surface area contributed by atoms with Gasteiger partial charge in [-0.3, -0.25) is 0 Å². The van der Waals surface area contributed by atoms with E-state index in [1.807, 2.05) is 19.2 Å². The van der Waals surface area contributed by atoms with Crippen molar-refractivity contribution in [3.05, 3.63) is 12.1 Å². The monoisotopic (exact) mass is 268 g/mol. The molecule has 0 fully saturated rings. The van der Waals surface area contributed by atoms with E-state index in [2.05, 4.69) is 24.5 Å². The lowest BCUT2D eigenvalue weighted by Gasteiger charge is -2.26. The molecule has 0 amide bonds. The maximum Gasteiger partial charge on any atom is 0.149 e. The van der Waals surface area contributed by atoms with Crippen LogP contribution in [-0.2, 0) is 0 Å². The van der Waals surface area contributed by atoms with Gasteiger partial charge in [0, 0.05) is 24.2 Å². The lowest BCUT2D eigenvalue weighted by Crippen LogP contribution is -2.42. The van der Waals surface area contributed by atoms with Crippen LogP contribution in [-0.4, -0.2) is 40.5 Å². The van der Waals surface area contributed by atoms with Crippen LogP contribution < -0.4 is 24.8 Å². The third-order valence-corrected chi connectivity index (χ3v) is 3.10. The Kier molecular flexibility index (Phi) is 5.30. The second-order valence-corrected chi connectivity index (χ2v) is 4.89. The molecule has 0 spiro atoms. The molecule has 5 nitrogen and oxygen atoms in total. The van der Waals surface area contributed by atoms with Gasteiger partial charge in [-0.05, 0) is 20.9 Å². The number of rotatable bonds is 7. The van der Waals surface area contributed by atoms with Gasteiger partial charge < -0.3 is 24.8 Å². The smallest absolute Gasteiger partial charge is 0.149 e. The Balaban J connectivity index is 3.04. The van der Waals surface area contributed by atoms with Crippen LogP contribution in [0, 0.1) is 0 Å². The molecule has 0 heterocycles. The highest BCUT2D eigenvalue weighted by atomic mass is 16.5. The molecule has 1 aromatic rings. The second kappa shape index (κ2) is 6.52. The average molecular weight is 268 g/mol. The van der Waals surface area contributed by atoms with Gasteiger partial charge >= 0.3 is 0 Å². The first kappa shape index (κ1) is 15.4. The van der Waals surface area contributed by atoms with Gasteiger partial charge in [0.1, 0.15) is 22.9 Å². The minimum atomic E-state index is -0.0318. The highest BCUT2D eigenvalue weighted by Crippen LogP contribution is 2.38. The molecule has 0 atom stereocenters. The molecule has 0 radical (unpaired) electrons. The summed E-state index contributed by atoms with van der Waals surface area (Å²) in [4.78, 5) is 0. The molecule has 108 valence electrons. The molecule has 0 aliphatic carbocycles. The van der Waals surface area contributed by atoms with Gasteiger partial charge in [-0.2, -0.15) is 0 Å². The van der Waals surface area contributed by atoms with Gasteiger partial charge in [0.15, 0.2) is 0 Å². The van der Waals surface area contributed by atoms with E-state index in [1.54, 1.807) is 21.3 Å². The Bertz CT molecular complexity index is 394. The minimum Gasteiger partial charge on any atom is -0.496 e. The molecule has 0 aliphatic heterocycles. The highest BCUT2D eigenvalue weighted by molar-refractivity contribution is 5.69. The predicted octanol–water partition coefficient (Wildman–Crippen LogP) is 2.12. The van der Waals surface area contributed by atoms with Crippen molar-refractivity contribution in [3.63, 3.8) is 0 Å². The number of anilines is 1. The van der Waals surface area contributed by atoms with Crippen LogP contribution in [0.2, 0.25) is 0 Å². The van der Waals surface area contributed by atoms with Crippen molar-refractivity contribution >= 4 is 5.69 Å². The summed E-state index contributed by atoms with van der Waals surface area (Å²) in [5.41, 5.74) is 0.796. The maximum absolute atomic E-state index is 5.39. The topological polar surface area (TPSA) is 51.8 Å². The van der Waals surface area contributed by atoms with E-state index in [4.69, 9.17) is 14.2 Å². The number of nitrogens with one attached hydrogen (secondary N) is 2. The zero-order valence-corrected chi connectivity index (χ0v) is 12.6. The molecule has 1 rings (SSSR count). The van der Waals surface area contributed by atoms with Crippen LogP contribution in [0.5, 0.6) is 17.2 Å². The minimum absolute atomic E-state index is 0.0318. The van der Waals surface area contributed by atoms with Crippen LogP contribution >= 0.6 is 0 Å². The summed E-state index contributed by atoms with van der Waals surface area (Å²) in [5, 5.41) is 6.60. The van der Waals surface area contributed by atoms with Crippen LogP contribution in [0.4, 0.5) is 5.69 Å². The van der Waals surface area contributed by atoms with E-state index >= 15 is 0 Å². The fraction of sp³-hybridized carbons (Fsp3) is 0.571. The fourth-order valence-corrected chi connectivity index (χ4v) is 1.58. The Morgan fingerprint density at radius 3 is 1.89 bits per heavy atom. The van der Waals surface area contributed by atoms with Gasteiger partial charge in [-0.15, -0.1) is 0 Å². The number of benzene rings is 1. The number of ether oxygens (including phenoxy) is 3. The van der Waals surface area contributed by atoms with Crippen molar-refractivity contribution in [1.82, 2.24) is 5.32 Å². The van der Waals surface area contributed by atoms with Gasteiger partial charge in [0.2, 0.25) is 0 Å². The highest BCUT2D eigenvalue weighted by Gasteiger charge is 2.18. The van der Waals surface area contributed by atoms with E-state index in [0.29, 0.717) is 17.2 Å². The predicted molar refractivity (Wildman–Crippen MR) is 77.7 cm³/mol. The van der Waals surface area contributed by atoms with Crippen molar-refractivity contribution in [2.45, 2.75) is 19.4 Å². The number of methoxy groups -OCH3 is 3. The van der Waals surface area contributed by atoms with Crippen molar-refractivity contribution in [2.24, 2.45) is 0 Å². The zero-order chi connectivity index (χ0) is 14.5. The molecule has 0 saturated carbocycles. The number of hydrogen-bond acceptors (Lipinski definition) is 5. The van der Waals surface area contributed by atoms with Gasteiger partial charge in [-0.25, -0.2) is 0 Å². The van der Waals surface area contributed by atoms with Crippen LogP contribution in [0.3, 0.4) is 0 Å². The molecular weight excluding hydrogens is 244 g/mol. The molecular formula is C14H24N2O3. The summed E-state index contributed by atoms with van der Waals surface area (Å²) in [5.74, 6) is 2.10. The summed E-state index contributed by atoms with van der Waals surface area (Å²) in [6.45, 7) is 4.97. The summed E-state index contributed by atoms with van der Waals surface area (Å²) in [6.07, 6.45) is 0. The summed E-state index contributed by atoms with van der Waals surface area (Å²) in [7, 11) is 6.81. The van der Waals surface area contributed by atoms with Crippen molar-refractivity contribution in [2.75, 3.05) is 40.2 Å². The molecule has 2 N–H and O–H groups in total. The average Bonchev–Trinajstić information content (AvgIpc) is 2.44. The molecule has 19 heavy (non-hydrogen) atoms. The molecule has 0 bridgehead atoms. The Morgan fingerprint density at radius 2 is 1.53 bits per heavy atom. The Labute approximate surface area is 115 Å². The van der Waals surface area contributed by atoms with Gasteiger partial charge in [0.05, 0.1) is 21.3 Å². The van der Waals surface area contributed by atoms with Gasteiger partial charge in [0.25, 0.3) is 0 Å². The van der Waals surface area contributed by atoms with E-state index in [0.717, 1.165) is 12.2 Å². The lowest BCUT2D eigenvalue weighted by atomic mass is 10.1. The third-order valence-electron chi connectivity index (χ3n) is 3.10. The molecule has 5 heteroatoms. The first-order valence-corrected chi connectivity index (χ1v) is 6.20. The molecule has 0 unspecified atom stereocenters. The molecule has 1 aromatic carbocycles. The number of likely N-dealkylation sites (N-methyl/N-ethyl adjacent to an activating group) is 1. The van der Waals surface area contributed by atoms with Crippen LogP contribution in [0.25, 0.3) is 0 Å². The van der Waals surface area contributed by atoms with E-state index < -0.39 is 0 Å². The molecule has 0 aromatic heterocycles. The van der Waals surface area contributed by atoms with Crippen molar-refractivity contribution < 1.29 is 14.2 Å². The SMILES string of the molecule is CNC(C)(C)CNc1c(OC)cc(OC)cc1OC. The van der Waals surface area contributed by atoms with Crippen LogP contribution in [0.15, 0.2) is 12.1 Å². The summed E-state index contributed by atoms with van der Waals surface area (Å²) in [6, 6.07) is 3.66. The summed E-state index contributed by atoms with van der Waals surface area (Å²) >= 11 is 0. The Morgan fingerprint density at radius 1 is 1.00 bits per heavy atom. The first-order chi connectivity index (χ1) is 8.97. The van der Waals surface area contributed by atoms with E-state index in [-0.39, 0.29) is 5.54 Å². The Hall–Kier alpha value is -1.62. The third kappa shape index (κ3) is 3.92. The zero-order valence-electron chi connectivity index (χ0n) is 12.6. The maximum atomic E-state index is 5.39. The van der Waals surface area contributed by atoms with Crippen molar-refractivity contribution in [3.8, 4) is 17.2 Å². The van der Waals surface area contributed by atoms with Crippen LogP contribution in [0.1, 0.15) is 13.8 Å². The molecule has 0 aliphatic rings. The van der Waals surface area contributed by atoms with Crippen molar-refractivity contribution in [1.29, 1.82) is 0 Å². The van der Waals surface area contributed by atoms with E-state index in [1.165, 1.54) is 0 Å². The fourth-order valence-electron chi connectivity index (χ4n) is 1.58. The first-order valence-electron chi connectivity index (χ1n) is 6.20. The standard InChI is InChI=1S/C14H24N2O3/c1-14(2,15-3)9-16-13-11(18-5)7-10(17-4)8-12(13)19-6/h7-8,15-16H,9H2,1-6H3. The second-order valence-electron chi connectivity index (χ2n) is 4.89. The van der Waals surface area contributed by atoms with E-state index in [9.17, 15) is 0 Å². The van der Waals surface area contributed by atoms with Gasteiger partial charge in [-0.1, -0.05) is 0 Å². The lowest BCUT2D eigenvalue weighted by molar-refractivity contribution is 0.376. The largest absolute Gasteiger partial charge is 0.496 e. The normalized spacial score (nSPS) is 11.1. The number of hydrogen-bond donors (Lipinski definition) is 2. The quantitative estimate of drug-likeness (QED) is 0.793. The summed E-state index contributed by atoms with van der Waals surface area (Å²) < 4.78 is 16.0.